The van der Waals surface area contributed by atoms with Gasteiger partial charge in [0.05, 0.1) is 11.2 Å². The monoisotopic (exact) mass is 263 g/mol. The summed E-state index contributed by atoms with van der Waals surface area (Å²) in [5.74, 6) is 0.764. The van der Waals surface area contributed by atoms with Gasteiger partial charge in [-0.1, -0.05) is 12.1 Å². The van der Waals surface area contributed by atoms with Gasteiger partial charge in [0.15, 0.2) is 0 Å². The standard InChI is InChI=1S/C14H21N3O2/c1-14(2)13(18)16-7-8-17(14)9-10-19-12-6-4-3-5-11(12)15/h3-6H,7-10,15H2,1-2H3,(H,16,18). The first-order chi connectivity index (χ1) is 9.01. The average molecular weight is 263 g/mol. The lowest BCUT2D eigenvalue weighted by Crippen LogP contribution is -2.62. The van der Waals surface area contributed by atoms with E-state index in [1.54, 1.807) is 0 Å². The SMILES string of the molecule is CC1(C)C(=O)NCCN1CCOc1ccccc1N. The van der Waals surface area contributed by atoms with Crippen molar-refractivity contribution in [3.05, 3.63) is 24.3 Å². The van der Waals surface area contributed by atoms with Crippen molar-refractivity contribution in [2.45, 2.75) is 19.4 Å². The third kappa shape index (κ3) is 2.98. The number of piperazine rings is 1. The quantitative estimate of drug-likeness (QED) is 0.791. The number of nitrogens with zero attached hydrogens (tertiary/aromatic N) is 1. The molecular formula is C14H21N3O2. The molecule has 0 spiro atoms. The van der Waals surface area contributed by atoms with Gasteiger partial charge in [-0.2, -0.15) is 0 Å². The van der Waals surface area contributed by atoms with Crippen LogP contribution >= 0.6 is 0 Å². The van der Waals surface area contributed by atoms with Gasteiger partial charge < -0.3 is 15.8 Å². The summed E-state index contributed by atoms with van der Waals surface area (Å²) in [6, 6.07) is 7.43. The van der Waals surface area contributed by atoms with E-state index in [1.165, 1.54) is 0 Å². The molecule has 5 nitrogen and oxygen atoms in total. The van der Waals surface area contributed by atoms with Crippen molar-refractivity contribution in [2.75, 3.05) is 32.0 Å². The van der Waals surface area contributed by atoms with Crippen molar-refractivity contribution < 1.29 is 9.53 Å². The van der Waals surface area contributed by atoms with Gasteiger partial charge in [-0.3, -0.25) is 9.69 Å². The van der Waals surface area contributed by atoms with Crippen LogP contribution in [0.4, 0.5) is 5.69 Å². The molecule has 1 aliphatic heterocycles. The van der Waals surface area contributed by atoms with Gasteiger partial charge in [-0.15, -0.1) is 0 Å². The van der Waals surface area contributed by atoms with Crippen molar-refractivity contribution in [3.8, 4) is 5.75 Å². The molecule has 0 aromatic heterocycles. The van der Waals surface area contributed by atoms with Crippen molar-refractivity contribution >= 4 is 11.6 Å². The number of anilines is 1. The molecule has 0 bridgehead atoms. The van der Waals surface area contributed by atoms with Gasteiger partial charge in [0.2, 0.25) is 5.91 Å². The van der Waals surface area contributed by atoms with Crippen LogP contribution in [0.3, 0.4) is 0 Å². The van der Waals surface area contributed by atoms with Crippen molar-refractivity contribution in [1.82, 2.24) is 10.2 Å². The zero-order valence-corrected chi connectivity index (χ0v) is 11.5. The Morgan fingerprint density at radius 2 is 2.16 bits per heavy atom. The lowest BCUT2D eigenvalue weighted by molar-refractivity contribution is -0.135. The largest absolute Gasteiger partial charge is 0.490 e. The Kier molecular flexibility index (Phi) is 3.95. The topological polar surface area (TPSA) is 67.6 Å². The van der Waals surface area contributed by atoms with Crippen molar-refractivity contribution in [1.29, 1.82) is 0 Å². The molecule has 1 amide bonds. The van der Waals surface area contributed by atoms with E-state index >= 15 is 0 Å². The van der Waals surface area contributed by atoms with E-state index in [0.717, 1.165) is 6.54 Å². The molecule has 1 aromatic rings. The molecule has 3 N–H and O–H groups in total. The second kappa shape index (κ2) is 5.48. The summed E-state index contributed by atoms with van der Waals surface area (Å²) < 4.78 is 5.67. The van der Waals surface area contributed by atoms with Gasteiger partial charge in [-0.25, -0.2) is 0 Å². The fourth-order valence-electron chi connectivity index (χ4n) is 2.21. The normalized spacial score (nSPS) is 18.9. The highest BCUT2D eigenvalue weighted by Crippen LogP contribution is 2.21. The number of ether oxygens (including phenoxy) is 1. The molecule has 0 saturated carbocycles. The number of nitrogens with one attached hydrogen (secondary N) is 1. The van der Waals surface area contributed by atoms with Crippen LogP contribution in [0.15, 0.2) is 24.3 Å². The Hall–Kier alpha value is -1.75. The van der Waals surface area contributed by atoms with E-state index in [-0.39, 0.29) is 5.91 Å². The maximum atomic E-state index is 11.8. The predicted molar refractivity (Wildman–Crippen MR) is 75.0 cm³/mol. The number of hydrogen-bond donors (Lipinski definition) is 2. The molecule has 104 valence electrons. The van der Waals surface area contributed by atoms with Gasteiger partial charge in [0.25, 0.3) is 0 Å². The van der Waals surface area contributed by atoms with E-state index in [0.29, 0.717) is 31.1 Å². The minimum Gasteiger partial charge on any atom is -0.490 e. The minimum atomic E-state index is -0.482. The van der Waals surface area contributed by atoms with Crippen LogP contribution in [0, 0.1) is 0 Å². The number of hydrogen-bond acceptors (Lipinski definition) is 4. The average Bonchev–Trinajstić information content (AvgIpc) is 2.37. The molecule has 0 atom stereocenters. The molecule has 1 fully saturated rings. The lowest BCUT2D eigenvalue weighted by atomic mass is 9.99. The van der Waals surface area contributed by atoms with Gasteiger partial charge in [0.1, 0.15) is 12.4 Å². The van der Waals surface area contributed by atoms with Crippen LogP contribution in [0.2, 0.25) is 0 Å². The Morgan fingerprint density at radius 1 is 1.42 bits per heavy atom. The molecule has 1 aromatic carbocycles. The van der Waals surface area contributed by atoms with E-state index in [4.69, 9.17) is 10.5 Å². The molecule has 0 aliphatic carbocycles. The van der Waals surface area contributed by atoms with Crippen LogP contribution < -0.4 is 15.8 Å². The number of benzene rings is 1. The van der Waals surface area contributed by atoms with Crippen LogP contribution in [-0.4, -0.2) is 42.6 Å². The Labute approximate surface area is 113 Å². The highest BCUT2D eigenvalue weighted by molar-refractivity contribution is 5.86. The van der Waals surface area contributed by atoms with E-state index in [2.05, 4.69) is 10.2 Å². The summed E-state index contributed by atoms with van der Waals surface area (Å²) in [6.07, 6.45) is 0. The first-order valence-electron chi connectivity index (χ1n) is 6.52. The zero-order valence-electron chi connectivity index (χ0n) is 11.5. The van der Waals surface area contributed by atoms with Crippen LogP contribution in [-0.2, 0) is 4.79 Å². The minimum absolute atomic E-state index is 0.0676. The van der Waals surface area contributed by atoms with E-state index in [1.807, 2.05) is 38.1 Å². The first-order valence-corrected chi connectivity index (χ1v) is 6.52. The van der Waals surface area contributed by atoms with Gasteiger partial charge in [0, 0.05) is 19.6 Å². The zero-order chi connectivity index (χ0) is 13.9. The van der Waals surface area contributed by atoms with Crippen LogP contribution in [0.5, 0.6) is 5.75 Å². The Bertz CT molecular complexity index is 460. The number of carbonyl (C=O) groups is 1. The lowest BCUT2D eigenvalue weighted by Gasteiger charge is -2.41. The van der Waals surface area contributed by atoms with Crippen LogP contribution in [0.1, 0.15) is 13.8 Å². The molecule has 1 saturated heterocycles. The van der Waals surface area contributed by atoms with Crippen molar-refractivity contribution in [2.24, 2.45) is 0 Å². The number of nitrogens with two attached hydrogens (primary N) is 1. The van der Waals surface area contributed by atoms with Gasteiger partial charge in [-0.05, 0) is 26.0 Å². The summed E-state index contributed by atoms with van der Waals surface area (Å²) in [4.78, 5) is 13.9. The Balaban J connectivity index is 1.89. The summed E-state index contributed by atoms with van der Waals surface area (Å²) in [5.41, 5.74) is 5.97. The molecule has 0 unspecified atom stereocenters. The molecule has 2 rings (SSSR count). The van der Waals surface area contributed by atoms with E-state index < -0.39 is 5.54 Å². The molecule has 0 radical (unpaired) electrons. The fourth-order valence-corrected chi connectivity index (χ4v) is 2.21. The molecule has 19 heavy (non-hydrogen) atoms. The number of amides is 1. The van der Waals surface area contributed by atoms with E-state index in [9.17, 15) is 4.79 Å². The molecule has 5 heteroatoms. The second-order valence-electron chi connectivity index (χ2n) is 5.19. The number of nitrogen functional groups attached to an aromatic ring is 1. The fraction of sp³-hybridized carbons (Fsp3) is 0.500. The highest BCUT2D eigenvalue weighted by atomic mass is 16.5. The maximum Gasteiger partial charge on any atom is 0.240 e. The second-order valence-corrected chi connectivity index (χ2v) is 5.19. The molecular weight excluding hydrogens is 242 g/mol. The third-order valence-corrected chi connectivity index (χ3v) is 3.55. The number of rotatable bonds is 4. The smallest absolute Gasteiger partial charge is 0.240 e. The summed E-state index contributed by atoms with van der Waals surface area (Å²) in [5, 5.41) is 2.88. The first kappa shape index (κ1) is 13.7. The summed E-state index contributed by atoms with van der Waals surface area (Å²) in [6.45, 7) is 6.61. The van der Waals surface area contributed by atoms with Crippen LogP contribution in [0.25, 0.3) is 0 Å². The number of carbonyl (C=O) groups excluding carboxylic acids is 1. The van der Waals surface area contributed by atoms with Gasteiger partial charge >= 0.3 is 0 Å². The molecule has 1 heterocycles. The predicted octanol–water partition coefficient (Wildman–Crippen LogP) is 0.858. The highest BCUT2D eigenvalue weighted by Gasteiger charge is 2.37. The molecule has 1 aliphatic rings. The maximum absolute atomic E-state index is 11.8. The summed E-state index contributed by atoms with van der Waals surface area (Å²) in [7, 11) is 0. The Morgan fingerprint density at radius 3 is 2.89 bits per heavy atom. The number of para-hydroxylation sites is 2. The van der Waals surface area contributed by atoms with Crippen molar-refractivity contribution in [3.63, 3.8) is 0 Å². The third-order valence-electron chi connectivity index (χ3n) is 3.55. The summed E-state index contributed by atoms with van der Waals surface area (Å²) >= 11 is 0.